The summed E-state index contributed by atoms with van der Waals surface area (Å²) in [6.45, 7) is 6.03. The maximum Gasteiger partial charge on any atom is 0.156 e. The highest BCUT2D eigenvalue weighted by molar-refractivity contribution is 6.32. The Bertz CT molecular complexity index is 327. The maximum atomic E-state index is 5.69. The van der Waals surface area contributed by atoms with Gasteiger partial charge >= 0.3 is 0 Å². The van der Waals surface area contributed by atoms with Crippen LogP contribution in [0.2, 0.25) is 5.15 Å². The molecule has 2 N–H and O–H groups in total. The van der Waals surface area contributed by atoms with Gasteiger partial charge in [-0.2, -0.15) is 0 Å². The molecule has 0 saturated heterocycles. The maximum absolute atomic E-state index is 5.69. The van der Waals surface area contributed by atoms with Crippen LogP contribution in [0.1, 0.15) is 12.6 Å². The molecule has 0 aliphatic heterocycles. The fourth-order valence-electron chi connectivity index (χ4n) is 0.839. The number of nitrogens with two attached hydrogens (primary N) is 1. The summed E-state index contributed by atoms with van der Waals surface area (Å²) in [6, 6.07) is 0. The topological polar surface area (TPSA) is 61.0 Å². The van der Waals surface area contributed by atoms with E-state index in [-0.39, 0.29) is 5.15 Å². The standard InChI is InChI=1S/C8H10ClN3O/c1-3-13-5(2)7-6(10)8(9)12-4-11-7/h4H,2-3,10H2,1H3. The molecule has 0 unspecified atom stereocenters. The van der Waals surface area contributed by atoms with Crippen molar-refractivity contribution in [2.24, 2.45) is 0 Å². The van der Waals surface area contributed by atoms with E-state index in [0.717, 1.165) is 0 Å². The Kier molecular flexibility index (Phi) is 3.08. The molecule has 0 radical (unpaired) electrons. The van der Waals surface area contributed by atoms with Gasteiger partial charge in [0.25, 0.3) is 0 Å². The molecule has 0 fully saturated rings. The summed E-state index contributed by atoms with van der Waals surface area (Å²) in [7, 11) is 0. The van der Waals surface area contributed by atoms with Gasteiger partial charge in [0.15, 0.2) is 5.15 Å². The van der Waals surface area contributed by atoms with Crippen LogP contribution >= 0.6 is 11.6 Å². The SMILES string of the molecule is C=C(OCC)c1ncnc(Cl)c1N. The lowest BCUT2D eigenvalue weighted by molar-refractivity contribution is 0.298. The molecule has 4 nitrogen and oxygen atoms in total. The van der Waals surface area contributed by atoms with E-state index >= 15 is 0 Å². The van der Waals surface area contributed by atoms with Crippen molar-refractivity contribution in [2.45, 2.75) is 6.92 Å². The Morgan fingerprint density at radius 1 is 1.69 bits per heavy atom. The zero-order valence-corrected chi connectivity index (χ0v) is 8.01. The minimum Gasteiger partial charge on any atom is -0.492 e. The predicted molar refractivity (Wildman–Crippen MR) is 52.1 cm³/mol. The quantitative estimate of drug-likeness (QED) is 0.595. The number of rotatable bonds is 3. The zero-order valence-electron chi connectivity index (χ0n) is 7.25. The van der Waals surface area contributed by atoms with Gasteiger partial charge in [-0.1, -0.05) is 18.2 Å². The third kappa shape index (κ3) is 2.09. The molecule has 1 aromatic heterocycles. The lowest BCUT2D eigenvalue weighted by Gasteiger charge is -2.08. The number of hydrogen-bond donors (Lipinski definition) is 1. The minimum atomic E-state index is 0.214. The van der Waals surface area contributed by atoms with E-state index in [9.17, 15) is 0 Å². The summed E-state index contributed by atoms with van der Waals surface area (Å²) in [4.78, 5) is 7.63. The van der Waals surface area contributed by atoms with Crippen molar-refractivity contribution in [3.05, 3.63) is 23.8 Å². The second-order valence-corrected chi connectivity index (χ2v) is 2.64. The van der Waals surface area contributed by atoms with Crippen LogP contribution in [0, 0.1) is 0 Å². The van der Waals surface area contributed by atoms with Crippen LogP contribution in [0.4, 0.5) is 5.69 Å². The molecular weight excluding hydrogens is 190 g/mol. The highest BCUT2D eigenvalue weighted by atomic mass is 35.5. The van der Waals surface area contributed by atoms with Crippen molar-refractivity contribution >= 4 is 23.0 Å². The summed E-state index contributed by atoms with van der Waals surface area (Å²) in [5, 5.41) is 0.214. The monoisotopic (exact) mass is 199 g/mol. The van der Waals surface area contributed by atoms with Gasteiger partial charge in [0.05, 0.1) is 12.3 Å². The lowest BCUT2D eigenvalue weighted by Crippen LogP contribution is -2.01. The number of aromatic nitrogens is 2. The molecule has 0 aliphatic carbocycles. The summed E-state index contributed by atoms with van der Waals surface area (Å²) in [5.41, 5.74) is 6.36. The summed E-state index contributed by atoms with van der Waals surface area (Å²) < 4.78 is 5.14. The number of hydrogen-bond acceptors (Lipinski definition) is 4. The molecule has 1 aromatic rings. The molecular formula is C8H10ClN3O. The van der Waals surface area contributed by atoms with E-state index in [2.05, 4.69) is 16.5 Å². The van der Waals surface area contributed by atoms with Gasteiger partial charge < -0.3 is 10.5 Å². The van der Waals surface area contributed by atoms with Crippen LogP contribution < -0.4 is 5.73 Å². The van der Waals surface area contributed by atoms with Gasteiger partial charge in [0.2, 0.25) is 0 Å². The molecule has 70 valence electrons. The Hall–Kier alpha value is -1.29. The van der Waals surface area contributed by atoms with Crippen molar-refractivity contribution in [2.75, 3.05) is 12.3 Å². The summed E-state index contributed by atoms with van der Waals surface area (Å²) in [5.74, 6) is 0.407. The first-order valence-electron chi connectivity index (χ1n) is 3.74. The van der Waals surface area contributed by atoms with Crippen molar-refractivity contribution in [1.29, 1.82) is 0 Å². The first-order valence-corrected chi connectivity index (χ1v) is 4.12. The molecule has 13 heavy (non-hydrogen) atoms. The Labute approximate surface area is 81.4 Å². The van der Waals surface area contributed by atoms with Crippen LogP contribution in [-0.4, -0.2) is 16.6 Å². The van der Waals surface area contributed by atoms with Crippen LogP contribution in [0.25, 0.3) is 5.76 Å². The molecule has 0 saturated carbocycles. The van der Waals surface area contributed by atoms with Crippen LogP contribution in [0.15, 0.2) is 12.9 Å². The zero-order chi connectivity index (χ0) is 9.84. The largest absolute Gasteiger partial charge is 0.492 e. The van der Waals surface area contributed by atoms with E-state index in [1.807, 2.05) is 6.92 Å². The number of anilines is 1. The normalized spacial score (nSPS) is 9.69. The molecule has 0 atom stereocenters. The van der Waals surface area contributed by atoms with Crippen molar-refractivity contribution in [1.82, 2.24) is 9.97 Å². The van der Waals surface area contributed by atoms with E-state index < -0.39 is 0 Å². The Balaban J connectivity index is 3.01. The van der Waals surface area contributed by atoms with Gasteiger partial charge in [-0.05, 0) is 6.92 Å². The molecule has 1 heterocycles. The van der Waals surface area contributed by atoms with Crippen LogP contribution in [-0.2, 0) is 4.74 Å². The molecule has 0 aromatic carbocycles. The highest BCUT2D eigenvalue weighted by Gasteiger charge is 2.09. The average Bonchev–Trinajstić information content (AvgIpc) is 2.10. The lowest BCUT2D eigenvalue weighted by atomic mass is 10.3. The van der Waals surface area contributed by atoms with Gasteiger partial charge in [0.1, 0.15) is 17.8 Å². The first-order chi connectivity index (χ1) is 6.16. The predicted octanol–water partition coefficient (Wildman–Crippen LogP) is 1.72. The number of halogens is 1. The molecule has 0 aliphatic rings. The summed E-state index contributed by atoms with van der Waals surface area (Å²) >= 11 is 5.69. The highest BCUT2D eigenvalue weighted by Crippen LogP contribution is 2.23. The minimum absolute atomic E-state index is 0.214. The van der Waals surface area contributed by atoms with Crippen molar-refractivity contribution in [3.63, 3.8) is 0 Å². The average molecular weight is 200 g/mol. The fourth-order valence-corrected chi connectivity index (χ4v) is 0.972. The molecule has 0 spiro atoms. The van der Waals surface area contributed by atoms with Gasteiger partial charge in [-0.3, -0.25) is 0 Å². The summed E-state index contributed by atoms with van der Waals surface area (Å²) in [6.07, 6.45) is 1.32. The number of nitrogen functional groups attached to an aromatic ring is 1. The third-order valence-corrected chi connectivity index (χ3v) is 1.72. The second kappa shape index (κ2) is 4.09. The molecule has 5 heteroatoms. The van der Waals surface area contributed by atoms with E-state index in [4.69, 9.17) is 22.1 Å². The van der Waals surface area contributed by atoms with Crippen LogP contribution in [0.5, 0.6) is 0 Å². The Morgan fingerprint density at radius 3 is 3.00 bits per heavy atom. The number of ether oxygens (including phenoxy) is 1. The first kappa shape index (κ1) is 9.80. The van der Waals surface area contributed by atoms with Crippen molar-refractivity contribution < 1.29 is 4.74 Å². The second-order valence-electron chi connectivity index (χ2n) is 2.28. The van der Waals surface area contributed by atoms with Gasteiger partial charge in [-0.25, -0.2) is 9.97 Å². The molecule has 1 rings (SSSR count). The van der Waals surface area contributed by atoms with Crippen LogP contribution in [0.3, 0.4) is 0 Å². The van der Waals surface area contributed by atoms with Crippen molar-refractivity contribution in [3.8, 4) is 0 Å². The Morgan fingerprint density at radius 2 is 2.38 bits per heavy atom. The fraction of sp³-hybridized carbons (Fsp3) is 0.250. The van der Waals surface area contributed by atoms with Gasteiger partial charge in [-0.15, -0.1) is 0 Å². The smallest absolute Gasteiger partial charge is 0.156 e. The van der Waals surface area contributed by atoms with E-state index in [1.165, 1.54) is 6.33 Å². The molecule has 0 amide bonds. The van der Waals surface area contributed by atoms with E-state index in [0.29, 0.717) is 23.7 Å². The van der Waals surface area contributed by atoms with E-state index in [1.54, 1.807) is 0 Å². The third-order valence-electron chi connectivity index (χ3n) is 1.42. The number of nitrogens with zero attached hydrogens (tertiary/aromatic N) is 2. The van der Waals surface area contributed by atoms with Gasteiger partial charge in [0, 0.05) is 0 Å². The molecule has 0 bridgehead atoms.